The third-order valence-corrected chi connectivity index (χ3v) is 4.39. The van der Waals surface area contributed by atoms with Crippen LogP contribution in [0.2, 0.25) is 0 Å². The molecule has 1 heterocycles. The van der Waals surface area contributed by atoms with Gasteiger partial charge in [0, 0.05) is 17.7 Å². The average Bonchev–Trinajstić information content (AvgIpc) is 2.67. The number of nitrogens with zero attached hydrogens (tertiary/aromatic N) is 4. The van der Waals surface area contributed by atoms with Gasteiger partial charge in [-0.05, 0) is 32.4 Å². The van der Waals surface area contributed by atoms with Crippen LogP contribution in [-0.4, -0.2) is 23.9 Å². The van der Waals surface area contributed by atoms with Crippen LogP contribution in [0.3, 0.4) is 0 Å². The summed E-state index contributed by atoms with van der Waals surface area (Å²) in [6, 6.07) is 6.65. The van der Waals surface area contributed by atoms with Crippen LogP contribution in [0.1, 0.15) is 37.4 Å². The summed E-state index contributed by atoms with van der Waals surface area (Å²) in [6.07, 6.45) is 0.599. The first-order valence-corrected chi connectivity index (χ1v) is 8.41. The van der Waals surface area contributed by atoms with E-state index in [-0.39, 0.29) is 28.7 Å². The highest BCUT2D eigenvalue weighted by Crippen LogP contribution is 2.34. The number of aromatic hydroxyl groups is 1. The summed E-state index contributed by atoms with van der Waals surface area (Å²) in [4.78, 5) is 12.9. The summed E-state index contributed by atoms with van der Waals surface area (Å²) < 4.78 is 11.6. The number of methoxy groups -OCH3 is 2. The van der Waals surface area contributed by atoms with Crippen molar-refractivity contribution >= 4 is 11.4 Å². The largest absolute Gasteiger partial charge is 0.497 e. The minimum atomic E-state index is -0.510. The third kappa shape index (κ3) is 3.77. The first-order chi connectivity index (χ1) is 12.9. The summed E-state index contributed by atoms with van der Waals surface area (Å²) >= 11 is 0. The van der Waals surface area contributed by atoms with Gasteiger partial charge in [0.1, 0.15) is 28.8 Å². The van der Waals surface area contributed by atoms with Crippen molar-refractivity contribution in [3.05, 3.63) is 39.7 Å². The second-order valence-corrected chi connectivity index (χ2v) is 5.95. The monoisotopic (exact) mass is 370 g/mol. The van der Waals surface area contributed by atoms with Crippen molar-refractivity contribution < 1.29 is 14.6 Å². The van der Waals surface area contributed by atoms with Gasteiger partial charge >= 0.3 is 0 Å². The van der Waals surface area contributed by atoms with Crippen molar-refractivity contribution in [1.29, 1.82) is 5.26 Å². The van der Waals surface area contributed by atoms with E-state index in [1.807, 2.05) is 13.0 Å². The van der Waals surface area contributed by atoms with Gasteiger partial charge in [0.25, 0.3) is 5.56 Å². The number of pyridine rings is 1. The highest BCUT2D eigenvalue weighted by molar-refractivity contribution is 5.58. The van der Waals surface area contributed by atoms with E-state index in [0.717, 1.165) is 0 Å². The Morgan fingerprint density at radius 1 is 1.30 bits per heavy atom. The molecule has 1 unspecified atom stereocenters. The molecule has 1 atom stereocenters. The minimum absolute atomic E-state index is 0.00135. The number of hydrogen-bond acceptors (Lipinski definition) is 7. The van der Waals surface area contributed by atoms with Crippen molar-refractivity contribution in [2.45, 2.75) is 33.2 Å². The van der Waals surface area contributed by atoms with E-state index in [4.69, 9.17) is 9.47 Å². The van der Waals surface area contributed by atoms with Crippen LogP contribution >= 0.6 is 0 Å². The maximum Gasteiger partial charge on any atom is 0.281 e. The lowest BCUT2D eigenvalue weighted by Crippen LogP contribution is -2.24. The van der Waals surface area contributed by atoms with E-state index in [2.05, 4.69) is 10.2 Å². The Morgan fingerprint density at radius 3 is 2.56 bits per heavy atom. The van der Waals surface area contributed by atoms with Crippen molar-refractivity contribution in [2.75, 3.05) is 14.2 Å². The van der Waals surface area contributed by atoms with Crippen molar-refractivity contribution in [1.82, 2.24) is 4.57 Å². The molecule has 0 saturated heterocycles. The lowest BCUT2D eigenvalue weighted by Gasteiger charge is -2.17. The van der Waals surface area contributed by atoms with Gasteiger partial charge in [0.2, 0.25) is 5.88 Å². The Morgan fingerprint density at radius 2 is 2.00 bits per heavy atom. The molecule has 142 valence electrons. The summed E-state index contributed by atoms with van der Waals surface area (Å²) in [7, 11) is 3.02. The maximum absolute atomic E-state index is 12.9. The summed E-state index contributed by atoms with van der Waals surface area (Å²) in [5.74, 6) is 0.660. The third-order valence-electron chi connectivity index (χ3n) is 4.39. The molecule has 0 aliphatic rings. The lowest BCUT2D eigenvalue weighted by molar-refractivity contribution is 0.372. The van der Waals surface area contributed by atoms with Gasteiger partial charge in [-0.15, -0.1) is 10.2 Å². The number of nitriles is 1. The Hall–Kier alpha value is -3.34. The quantitative estimate of drug-likeness (QED) is 0.769. The molecule has 0 aliphatic carbocycles. The Labute approximate surface area is 157 Å². The molecular formula is C19H22N4O4. The van der Waals surface area contributed by atoms with E-state index < -0.39 is 5.56 Å². The van der Waals surface area contributed by atoms with Crippen LogP contribution in [-0.2, 0) is 0 Å². The molecule has 1 aromatic heterocycles. The summed E-state index contributed by atoms with van der Waals surface area (Å²) in [5, 5.41) is 27.9. The predicted octanol–water partition coefficient (Wildman–Crippen LogP) is 4.14. The molecule has 1 N–H and O–H groups in total. The number of azo groups is 1. The van der Waals surface area contributed by atoms with Gasteiger partial charge in [0.15, 0.2) is 5.69 Å². The van der Waals surface area contributed by atoms with Gasteiger partial charge < -0.3 is 14.6 Å². The first kappa shape index (κ1) is 20.0. The van der Waals surface area contributed by atoms with Crippen LogP contribution in [0.15, 0.2) is 33.2 Å². The minimum Gasteiger partial charge on any atom is -0.497 e. The van der Waals surface area contributed by atoms with E-state index in [1.54, 1.807) is 32.0 Å². The van der Waals surface area contributed by atoms with E-state index in [1.165, 1.54) is 18.8 Å². The fourth-order valence-electron chi connectivity index (χ4n) is 2.60. The Kier molecular flexibility index (Phi) is 6.19. The smallest absolute Gasteiger partial charge is 0.281 e. The zero-order chi connectivity index (χ0) is 20.1. The summed E-state index contributed by atoms with van der Waals surface area (Å²) in [5.41, 5.74) is 0.127. The van der Waals surface area contributed by atoms with Crippen LogP contribution in [0.4, 0.5) is 11.4 Å². The molecule has 8 nitrogen and oxygen atoms in total. The molecule has 2 aromatic rings. The van der Waals surface area contributed by atoms with E-state index >= 15 is 0 Å². The number of rotatable bonds is 6. The lowest BCUT2D eigenvalue weighted by atomic mass is 10.1. The topological polar surface area (TPSA) is 109 Å². The second kappa shape index (κ2) is 8.36. The van der Waals surface area contributed by atoms with Gasteiger partial charge in [-0.3, -0.25) is 9.36 Å². The average molecular weight is 370 g/mol. The Balaban J connectivity index is 2.68. The number of hydrogen-bond donors (Lipinski definition) is 1. The van der Waals surface area contributed by atoms with Crippen molar-refractivity contribution in [2.24, 2.45) is 10.2 Å². The SMILES string of the molecule is CCC(C)n1c(O)c(C#N)c(C)c(N=Nc2cc(OC)ccc2OC)c1=O. The highest BCUT2D eigenvalue weighted by atomic mass is 16.5. The molecule has 2 rings (SSSR count). The zero-order valence-corrected chi connectivity index (χ0v) is 16.0. The summed E-state index contributed by atoms with van der Waals surface area (Å²) in [6.45, 7) is 5.21. The standard InChI is InChI=1S/C19H22N4O4/c1-6-11(2)23-18(24)14(10-20)12(3)17(19(23)25)22-21-15-9-13(26-4)7-8-16(15)27-5/h7-9,11,24H,6H2,1-5H3. The number of aromatic nitrogens is 1. The van der Waals surface area contributed by atoms with Crippen LogP contribution in [0.5, 0.6) is 17.4 Å². The highest BCUT2D eigenvalue weighted by Gasteiger charge is 2.21. The molecule has 0 bridgehead atoms. The number of ether oxygens (including phenoxy) is 2. The first-order valence-electron chi connectivity index (χ1n) is 8.41. The van der Waals surface area contributed by atoms with Crippen LogP contribution in [0.25, 0.3) is 0 Å². The zero-order valence-electron chi connectivity index (χ0n) is 16.0. The maximum atomic E-state index is 12.9. The van der Waals surface area contributed by atoms with Gasteiger partial charge in [-0.2, -0.15) is 5.26 Å². The molecule has 0 radical (unpaired) electrons. The van der Waals surface area contributed by atoms with Gasteiger partial charge in [0.05, 0.1) is 14.2 Å². The molecule has 0 fully saturated rings. The molecule has 0 aliphatic heterocycles. The fraction of sp³-hybridized carbons (Fsp3) is 0.368. The van der Waals surface area contributed by atoms with Crippen molar-refractivity contribution in [3.63, 3.8) is 0 Å². The Bertz CT molecular complexity index is 973. The number of benzene rings is 1. The molecule has 8 heteroatoms. The van der Waals surface area contributed by atoms with E-state index in [9.17, 15) is 15.2 Å². The van der Waals surface area contributed by atoms with Crippen LogP contribution < -0.4 is 15.0 Å². The van der Waals surface area contributed by atoms with Gasteiger partial charge in [-0.1, -0.05) is 6.92 Å². The fourth-order valence-corrected chi connectivity index (χ4v) is 2.60. The van der Waals surface area contributed by atoms with Gasteiger partial charge in [-0.25, -0.2) is 0 Å². The normalized spacial score (nSPS) is 12.0. The second-order valence-electron chi connectivity index (χ2n) is 5.95. The molecule has 1 aromatic carbocycles. The van der Waals surface area contributed by atoms with E-state index in [0.29, 0.717) is 23.6 Å². The van der Waals surface area contributed by atoms with Crippen molar-refractivity contribution in [3.8, 4) is 23.4 Å². The molecule has 27 heavy (non-hydrogen) atoms. The molecule has 0 amide bonds. The van der Waals surface area contributed by atoms with Crippen LogP contribution in [0, 0.1) is 18.3 Å². The molecule has 0 spiro atoms. The predicted molar refractivity (Wildman–Crippen MR) is 101 cm³/mol. The molecule has 0 saturated carbocycles. The molecular weight excluding hydrogens is 348 g/mol.